The highest BCUT2D eigenvalue weighted by atomic mass is 16.5. The number of rotatable bonds is 11. The number of hydrogen-bond donors (Lipinski definition) is 1. The topological polar surface area (TPSA) is 32.7 Å². The van der Waals surface area contributed by atoms with Crippen LogP contribution >= 0.6 is 0 Å². The summed E-state index contributed by atoms with van der Waals surface area (Å²) in [6.45, 7) is 10.2. The van der Waals surface area contributed by atoms with Crippen molar-refractivity contribution < 1.29 is 9.84 Å². The van der Waals surface area contributed by atoms with E-state index in [4.69, 9.17) is 9.84 Å². The Balaban J connectivity index is 3.74. The van der Waals surface area contributed by atoms with E-state index >= 15 is 0 Å². The van der Waals surface area contributed by atoms with Gasteiger partial charge in [-0.1, -0.05) is 27.2 Å². The molecule has 0 unspecified atom stereocenters. The van der Waals surface area contributed by atoms with Crippen molar-refractivity contribution >= 4 is 0 Å². The van der Waals surface area contributed by atoms with Crippen LogP contribution in [0.5, 0.6) is 0 Å². The van der Waals surface area contributed by atoms with Gasteiger partial charge in [-0.05, 0) is 19.3 Å². The Labute approximate surface area is 101 Å². The molecule has 0 fully saturated rings. The summed E-state index contributed by atoms with van der Waals surface area (Å²) < 4.78 is 5.57. The predicted molar refractivity (Wildman–Crippen MR) is 68.8 cm³/mol. The molecule has 0 aliphatic heterocycles. The SMILES string of the molecule is CCCCOCCN(CCO)C(CC)CC. The molecule has 0 aliphatic carbocycles. The zero-order chi connectivity index (χ0) is 12.2. The van der Waals surface area contributed by atoms with Gasteiger partial charge >= 0.3 is 0 Å². The Morgan fingerprint density at radius 2 is 1.75 bits per heavy atom. The van der Waals surface area contributed by atoms with Gasteiger partial charge in [-0.25, -0.2) is 0 Å². The minimum atomic E-state index is 0.242. The van der Waals surface area contributed by atoms with Crippen LogP contribution in [0.1, 0.15) is 46.5 Å². The summed E-state index contributed by atoms with van der Waals surface area (Å²) in [7, 11) is 0. The number of aliphatic hydroxyl groups excluding tert-OH is 1. The van der Waals surface area contributed by atoms with Crippen molar-refractivity contribution in [2.24, 2.45) is 0 Å². The summed E-state index contributed by atoms with van der Waals surface area (Å²) in [5.74, 6) is 0. The van der Waals surface area contributed by atoms with E-state index in [1.165, 1.54) is 6.42 Å². The molecule has 1 N–H and O–H groups in total. The van der Waals surface area contributed by atoms with Crippen molar-refractivity contribution in [3.63, 3.8) is 0 Å². The van der Waals surface area contributed by atoms with Gasteiger partial charge in [0.15, 0.2) is 0 Å². The van der Waals surface area contributed by atoms with E-state index < -0.39 is 0 Å². The van der Waals surface area contributed by atoms with Crippen LogP contribution < -0.4 is 0 Å². The van der Waals surface area contributed by atoms with E-state index in [1.807, 2.05) is 0 Å². The van der Waals surface area contributed by atoms with Gasteiger partial charge < -0.3 is 9.84 Å². The Kier molecular flexibility index (Phi) is 11.3. The van der Waals surface area contributed by atoms with Crippen molar-refractivity contribution in [2.45, 2.75) is 52.5 Å². The molecule has 0 aromatic carbocycles. The number of nitrogens with zero attached hydrogens (tertiary/aromatic N) is 1. The van der Waals surface area contributed by atoms with Gasteiger partial charge in [0.1, 0.15) is 0 Å². The van der Waals surface area contributed by atoms with Gasteiger partial charge in [0, 0.05) is 25.7 Å². The fourth-order valence-corrected chi connectivity index (χ4v) is 1.94. The predicted octanol–water partition coefficient (Wildman–Crippen LogP) is 2.29. The van der Waals surface area contributed by atoms with Crippen molar-refractivity contribution in [2.75, 3.05) is 32.9 Å². The van der Waals surface area contributed by atoms with E-state index in [9.17, 15) is 0 Å². The van der Waals surface area contributed by atoms with Gasteiger partial charge in [0.25, 0.3) is 0 Å². The lowest BCUT2D eigenvalue weighted by molar-refractivity contribution is 0.0725. The van der Waals surface area contributed by atoms with E-state index in [0.717, 1.165) is 45.6 Å². The molecule has 0 amide bonds. The highest BCUT2D eigenvalue weighted by molar-refractivity contribution is 4.68. The smallest absolute Gasteiger partial charge is 0.0593 e. The van der Waals surface area contributed by atoms with E-state index in [1.54, 1.807) is 0 Å². The Morgan fingerprint density at radius 3 is 2.25 bits per heavy atom. The average Bonchev–Trinajstić information content (AvgIpc) is 2.30. The molecular weight excluding hydrogens is 202 g/mol. The van der Waals surface area contributed by atoms with Crippen LogP contribution in [0.4, 0.5) is 0 Å². The first-order valence-corrected chi connectivity index (χ1v) is 6.72. The Morgan fingerprint density at radius 1 is 1.06 bits per heavy atom. The Hall–Kier alpha value is -0.120. The van der Waals surface area contributed by atoms with Crippen LogP contribution in [0.2, 0.25) is 0 Å². The lowest BCUT2D eigenvalue weighted by Crippen LogP contribution is -2.39. The van der Waals surface area contributed by atoms with Crippen LogP contribution in [-0.2, 0) is 4.74 Å². The monoisotopic (exact) mass is 231 g/mol. The Bertz CT molecular complexity index is 138. The minimum Gasteiger partial charge on any atom is -0.395 e. The molecule has 0 heterocycles. The number of hydrogen-bond acceptors (Lipinski definition) is 3. The highest BCUT2D eigenvalue weighted by Crippen LogP contribution is 2.07. The quantitative estimate of drug-likeness (QED) is 0.554. The first-order chi connectivity index (χ1) is 7.79. The molecular formula is C13H29NO2. The number of aliphatic hydroxyl groups is 1. The van der Waals surface area contributed by atoms with Gasteiger partial charge in [0.2, 0.25) is 0 Å². The number of unbranched alkanes of at least 4 members (excludes halogenated alkanes) is 1. The van der Waals surface area contributed by atoms with E-state index in [0.29, 0.717) is 6.04 Å². The molecule has 0 aromatic heterocycles. The fraction of sp³-hybridized carbons (Fsp3) is 1.00. The maximum atomic E-state index is 9.03. The second kappa shape index (κ2) is 11.4. The second-order valence-corrected chi connectivity index (χ2v) is 4.20. The third kappa shape index (κ3) is 7.20. The van der Waals surface area contributed by atoms with Crippen LogP contribution in [0, 0.1) is 0 Å². The van der Waals surface area contributed by atoms with Crippen LogP contribution in [0.3, 0.4) is 0 Å². The fourth-order valence-electron chi connectivity index (χ4n) is 1.94. The first-order valence-electron chi connectivity index (χ1n) is 6.72. The molecule has 0 saturated heterocycles. The minimum absolute atomic E-state index is 0.242. The van der Waals surface area contributed by atoms with Gasteiger partial charge in [0.05, 0.1) is 13.2 Å². The summed E-state index contributed by atoms with van der Waals surface area (Å²) >= 11 is 0. The third-order valence-corrected chi connectivity index (χ3v) is 3.01. The lowest BCUT2D eigenvalue weighted by atomic mass is 10.1. The molecule has 0 saturated carbocycles. The molecule has 16 heavy (non-hydrogen) atoms. The molecule has 0 bridgehead atoms. The maximum Gasteiger partial charge on any atom is 0.0593 e. The standard InChI is InChI=1S/C13H29NO2/c1-4-7-11-16-12-9-14(8-10-15)13(5-2)6-3/h13,15H,4-12H2,1-3H3. The van der Waals surface area contributed by atoms with Gasteiger partial charge in [-0.2, -0.15) is 0 Å². The molecule has 3 heteroatoms. The maximum absolute atomic E-state index is 9.03. The summed E-state index contributed by atoms with van der Waals surface area (Å²) in [5.41, 5.74) is 0. The van der Waals surface area contributed by atoms with Crippen molar-refractivity contribution in [3.8, 4) is 0 Å². The lowest BCUT2D eigenvalue weighted by Gasteiger charge is -2.29. The summed E-state index contributed by atoms with van der Waals surface area (Å²) in [6, 6.07) is 0.585. The molecule has 0 aliphatic rings. The van der Waals surface area contributed by atoms with Crippen LogP contribution in [0.15, 0.2) is 0 Å². The summed E-state index contributed by atoms with van der Waals surface area (Å²) in [5, 5.41) is 9.03. The van der Waals surface area contributed by atoms with Crippen LogP contribution in [-0.4, -0.2) is 49.0 Å². The second-order valence-electron chi connectivity index (χ2n) is 4.20. The van der Waals surface area contributed by atoms with Crippen LogP contribution in [0.25, 0.3) is 0 Å². The van der Waals surface area contributed by atoms with Gasteiger partial charge in [-0.15, -0.1) is 0 Å². The van der Waals surface area contributed by atoms with Crippen molar-refractivity contribution in [3.05, 3.63) is 0 Å². The molecule has 98 valence electrons. The van der Waals surface area contributed by atoms with Crippen molar-refractivity contribution in [1.82, 2.24) is 4.90 Å². The normalized spacial score (nSPS) is 11.6. The summed E-state index contributed by atoms with van der Waals surface area (Å²) in [4.78, 5) is 2.34. The molecule has 0 radical (unpaired) electrons. The third-order valence-electron chi connectivity index (χ3n) is 3.01. The molecule has 0 rings (SSSR count). The molecule has 3 nitrogen and oxygen atoms in total. The van der Waals surface area contributed by atoms with Crippen molar-refractivity contribution in [1.29, 1.82) is 0 Å². The first kappa shape index (κ1) is 15.9. The summed E-state index contributed by atoms with van der Waals surface area (Å²) in [6.07, 6.45) is 4.62. The van der Waals surface area contributed by atoms with E-state index in [-0.39, 0.29) is 6.61 Å². The molecule has 0 aromatic rings. The van der Waals surface area contributed by atoms with E-state index in [2.05, 4.69) is 25.7 Å². The zero-order valence-electron chi connectivity index (χ0n) is 11.2. The van der Waals surface area contributed by atoms with Gasteiger partial charge in [-0.3, -0.25) is 4.90 Å². The number of ether oxygens (including phenoxy) is 1. The average molecular weight is 231 g/mol. The molecule has 0 atom stereocenters. The largest absolute Gasteiger partial charge is 0.395 e. The highest BCUT2D eigenvalue weighted by Gasteiger charge is 2.13. The zero-order valence-corrected chi connectivity index (χ0v) is 11.2. The molecule has 0 spiro atoms.